The quantitative estimate of drug-likeness (QED) is 0.0842. The molecule has 0 aliphatic carbocycles. The molecule has 0 atom stereocenters. The SMILES string of the molecule is N#C/C(=C\c1cc(Br)ccc1OCc1ccc([N+](=O)[O-])cc1)C(=O)Nc1ccc(OCc2ccc(Cl)cc2)cc1. The van der Waals surface area contributed by atoms with Crippen LogP contribution in [0.15, 0.2) is 101 Å². The van der Waals surface area contributed by atoms with Crippen molar-refractivity contribution in [2.45, 2.75) is 13.2 Å². The number of carbonyl (C=O) groups is 1. The van der Waals surface area contributed by atoms with Crippen LogP contribution < -0.4 is 14.8 Å². The van der Waals surface area contributed by atoms with E-state index in [9.17, 15) is 20.2 Å². The second-order valence-electron chi connectivity index (χ2n) is 8.46. The highest BCUT2D eigenvalue weighted by molar-refractivity contribution is 9.10. The minimum absolute atomic E-state index is 0.0132. The van der Waals surface area contributed by atoms with E-state index in [2.05, 4.69) is 21.2 Å². The number of anilines is 1. The zero-order valence-corrected chi connectivity index (χ0v) is 23.2. The van der Waals surface area contributed by atoms with Crippen LogP contribution >= 0.6 is 27.5 Å². The van der Waals surface area contributed by atoms with Gasteiger partial charge in [0.15, 0.2) is 0 Å². The summed E-state index contributed by atoms with van der Waals surface area (Å²) in [6.45, 7) is 0.506. The highest BCUT2D eigenvalue weighted by atomic mass is 79.9. The van der Waals surface area contributed by atoms with Crippen molar-refractivity contribution in [1.82, 2.24) is 0 Å². The van der Waals surface area contributed by atoms with Gasteiger partial charge in [-0.3, -0.25) is 14.9 Å². The van der Waals surface area contributed by atoms with Gasteiger partial charge in [-0.2, -0.15) is 5.26 Å². The molecule has 0 aliphatic heterocycles. The van der Waals surface area contributed by atoms with E-state index in [1.807, 2.05) is 18.2 Å². The number of nitrogens with one attached hydrogen (secondary N) is 1. The number of rotatable bonds is 10. The number of ether oxygens (including phenoxy) is 2. The summed E-state index contributed by atoms with van der Waals surface area (Å²) in [6, 6.07) is 27.3. The number of halogens is 2. The fourth-order valence-corrected chi connectivity index (χ4v) is 4.03. The number of nitro groups is 1. The van der Waals surface area contributed by atoms with Crippen molar-refractivity contribution in [2.24, 2.45) is 0 Å². The summed E-state index contributed by atoms with van der Waals surface area (Å²) < 4.78 is 12.4. The average Bonchev–Trinajstić information content (AvgIpc) is 2.96. The summed E-state index contributed by atoms with van der Waals surface area (Å²) in [5.74, 6) is 0.468. The zero-order valence-electron chi connectivity index (χ0n) is 20.8. The molecule has 1 amide bonds. The van der Waals surface area contributed by atoms with E-state index in [0.29, 0.717) is 34.4 Å². The lowest BCUT2D eigenvalue weighted by molar-refractivity contribution is -0.384. The second-order valence-corrected chi connectivity index (χ2v) is 9.81. The topological polar surface area (TPSA) is 114 Å². The van der Waals surface area contributed by atoms with Gasteiger partial charge in [0, 0.05) is 32.9 Å². The van der Waals surface area contributed by atoms with E-state index in [1.54, 1.807) is 66.7 Å². The Kier molecular flexibility index (Phi) is 9.52. The maximum absolute atomic E-state index is 12.9. The van der Waals surface area contributed by atoms with Crippen LogP contribution in [0.3, 0.4) is 0 Å². The summed E-state index contributed by atoms with van der Waals surface area (Å²) in [4.78, 5) is 23.3. The van der Waals surface area contributed by atoms with Gasteiger partial charge in [-0.1, -0.05) is 39.7 Å². The maximum atomic E-state index is 12.9. The summed E-state index contributed by atoms with van der Waals surface area (Å²) in [5.41, 5.74) is 2.56. The molecular formula is C30H21BrClN3O5. The van der Waals surface area contributed by atoms with Gasteiger partial charge in [-0.25, -0.2) is 0 Å². The first kappa shape index (κ1) is 28.4. The van der Waals surface area contributed by atoms with Crippen molar-refractivity contribution >= 4 is 50.9 Å². The van der Waals surface area contributed by atoms with Crippen LogP contribution in [0.2, 0.25) is 5.02 Å². The number of hydrogen-bond acceptors (Lipinski definition) is 6. The molecule has 0 bridgehead atoms. The van der Waals surface area contributed by atoms with Crippen LogP contribution in [0.25, 0.3) is 6.08 Å². The number of nitrogens with zero attached hydrogens (tertiary/aromatic N) is 2. The summed E-state index contributed by atoms with van der Waals surface area (Å²) in [6.07, 6.45) is 1.44. The lowest BCUT2D eigenvalue weighted by Gasteiger charge is -2.11. The Morgan fingerprint density at radius 2 is 1.57 bits per heavy atom. The summed E-state index contributed by atoms with van der Waals surface area (Å²) >= 11 is 9.31. The van der Waals surface area contributed by atoms with E-state index >= 15 is 0 Å². The largest absolute Gasteiger partial charge is 0.489 e. The van der Waals surface area contributed by atoms with Gasteiger partial charge in [0.2, 0.25) is 0 Å². The van der Waals surface area contributed by atoms with E-state index in [-0.39, 0.29) is 17.9 Å². The van der Waals surface area contributed by atoms with E-state index in [4.69, 9.17) is 21.1 Å². The molecule has 0 saturated carbocycles. The lowest BCUT2D eigenvalue weighted by atomic mass is 10.1. The molecule has 40 heavy (non-hydrogen) atoms. The van der Waals surface area contributed by atoms with Gasteiger partial charge < -0.3 is 14.8 Å². The van der Waals surface area contributed by atoms with Crippen LogP contribution in [-0.2, 0) is 18.0 Å². The third-order valence-corrected chi connectivity index (χ3v) is 6.35. The van der Waals surface area contributed by atoms with Crippen LogP contribution in [0.5, 0.6) is 11.5 Å². The molecule has 4 aromatic rings. The molecule has 0 fully saturated rings. The normalized spacial score (nSPS) is 10.9. The molecule has 0 saturated heterocycles. The van der Waals surface area contributed by atoms with Gasteiger partial charge >= 0.3 is 0 Å². The van der Waals surface area contributed by atoms with Crippen LogP contribution in [0, 0.1) is 21.4 Å². The number of amides is 1. The van der Waals surface area contributed by atoms with Gasteiger partial charge in [-0.05, 0) is 83.9 Å². The number of nitro benzene ring substituents is 1. The molecule has 0 aliphatic rings. The van der Waals surface area contributed by atoms with Crippen LogP contribution in [-0.4, -0.2) is 10.8 Å². The molecule has 8 nitrogen and oxygen atoms in total. The summed E-state index contributed by atoms with van der Waals surface area (Å²) in [5, 5.41) is 23.9. The highest BCUT2D eigenvalue weighted by Gasteiger charge is 2.13. The predicted octanol–water partition coefficient (Wildman–Crippen LogP) is 7.71. The van der Waals surface area contributed by atoms with Crippen LogP contribution in [0.1, 0.15) is 16.7 Å². The van der Waals surface area contributed by atoms with Gasteiger partial charge in [0.05, 0.1) is 4.92 Å². The van der Waals surface area contributed by atoms with Gasteiger partial charge in [-0.15, -0.1) is 0 Å². The number of hydrogen-bond donors (Lipinski definition) is 1. The number of carbonyl (C=O) groups excluding carboxylic acids is 1. The fraction of sp³-hybridized carbons (Fsp3) is 0.0667. The zero-order chi connectivity index (χ0) is 28.5. The van der Waals surface area contributed by atoms with Crippen LogP contribution in [0.4, 0.5) is 11.4 Å². The third kappa shape index (κ3) is 7.93. The molecule has 200 valence electrons. The average molecular weight is 619 g/mol. The smallest absolute Gasteiger partial charge is 0.269 e. The molecule has 10 heteroatoms. The Labute approximate surface area is 243 Å². The van der Waals surface area contributed by atoms with Gasteiger partial charge in [0.1, 0.15) is 36.4 Å². The minimum Gasteiger partial charge on any atom is -0.489 e. The monoisotopic (exact) mass is 617 g/mol. The Hall–Kier alpha value is -4.65. The summed E-state index contributed by atoms with van der Waals surface area (Å²) in [7, 11) is 0. The number of benzene rings is 4. The van der Waals surface area contributed by atoms with E-state index < -0.39 is 10.8 Å². The van der Waals surface area contributed by atoms with Crippen molar-refractivity contribution < 1.29 is 19.2 Å². The molecule has 0 heterocycles. The van der Waals surface area contributed by atoms with Crippen molar-refractivity contribution in [3.63, 3.8) is 0 Å². The Morgan fingerprint density at radius 1 is 0.950 bits per heavy atom. The Balaban J connectivity index is 1.41. The Morgan fingerprint density at radius 3 is 2.20 bits per heavy atom. The number of non-ortho nitro benzene ring substituents is 1. The standard InChI is InChI=1S/C30H21BrClN3O5/c31-24-5-14-29(40-19-21-3-10-27(11-4-21)35(37)38)22(16-24)15-23(17-33)30(36)34-26-8-12-28(13-9-26)39-18-20-1-6-25(32)7-2-20/h1-16H,18-19H2,(H,34,36)/b23-15+. The Bertz CT molecular complexity index is 1580. The molecule has 4 rings (SSSR count). The first-order valence-electron chi connectivity index (χ1n) is 11.9. The lowest BCUT2D eigenvalue weighted by Crippen LogP contribution is -2.13. The van der Waals surface area contributed by atoms with Crippen molar-refractivity contribution in [1.29, 1.82) is 5.26 Å². The maximum Gasteiger partial charge on any atom is 0.269 e. The van der Waals surface area contributed by atoms with E-state index in [1.165, 1.54) is 18.2 Å². The first-order valence-corrected chi connectivity index (χ1v) is 13.0. The number of nitriles is 1. The van der Waals surface area contributed by atoms with Crippen molar-refractivity contribution in [3.8, 4) is 17.6 Å². The molecule has 0 aromatic heterocycles. The van der Waals surface area contributed by atoms with Gasteiger partial charge in [0.25, 0.3) is 11.6 Å². The van der Waals surface area contributed by atoms with E-state index in [0.717, 1.165) is 15.6 Å². The minimum atomic E-state index is -0.585. The second kappa shape index (κ2) is 13.4. The predicted molar refractivity (Wildman–Crippen MR) is 156 cm³/mol. The molecule has 0 spiro atoms. The molecule has 4 aromatic carbocycles. The van der Waals surface area contributed by atoms with Crippen molar-refractivity contribution in [2.75, 3.05) is 5.32 Å². The first-order chi connectivity index (χ1) is 19.3. The van der Waals surface area contributed by atoms with Crippen molar-refractivity contribution in [3.05, 3.63) is 133 Å². The third-order valence-electron chi connectivity index (χ3n) is 5.61. The highest BCUT2D eigenvalue weighted by Crippen LogP contribution is 2.27. The molecule has 0 radical (unpaired) electrons. The molecule has 0 unspecified atom stereocenters. The molecule has 1 N–H and O–H groups in total. The molecular weight excluding hydrogens is 598 g/mol. The fourth-order valence-electron chi connectivity index (χ4n) is 3.52.